The van der Waals surface area contributed by atoms with E-state index >= 15 is 0 Å². The summed E-state index contributed by atoms with van der Waals surface area (Å²) < 4.78 is 1.46. The van der Waals surface area contributed by atoms with E-state index in [0.717, 1.165) is 30.6 Å². The van der Waals surface area contributed by atoms with Crippen molar-refractivity contribution in [3.05, 3.63) is 58.5 Å². The molecule has 0 spiro atoms. The molecule has 3 heterocycles. The molecular formula is C23H29N5O3. The first-order valence-electron chi connectivity index (χ1n) is 10.9. The summed E-state index contributed by atoms with van der Waals surface area (Å²) in [6, 6.07) is 11.4. The Morgan fingerprint density at radius 3 is 2.42 bits per heavy atom. The number of anilines is 1. The molecule has 0 aliphatic carbocycles. The number of carbonyl (C=O) groups is 2. The van der Waals surface area contributed by atoms with Gasteiger partial charge in [0.15, 0.2) is 0 Å². The summed E-state index contributed by atoms with van der Waals surface area (Å²) in [5.41, 5.74) is 1.65. The quantitative estimate of drug-likeness (QED) is 0.738. The molecule has 0 saturated carbocycles. The highest BCUT2D eigenvalue weighted by Gasteiger charge is 2.31. The molecule has 2 saturated heterocycles. The molecule has 2 aliphatic rings. The first-order valence-corrected chi connectivity index (χ1v) is 10.9. The van der Waals surface area contributed by atoms with E-state index in [1.165, 1.54) is 4.68 Å². The fraction of sp³-hybridized carbons (Fsp3) is 0.478. The number of hydrogen-bond acceptors (Lipinski definition) is 5. The molecular weight excluding hydrogens is 394 g/mol. The first-order chi connectivity index (χ1) is 15.0. The predicted octanol–water partition coefficient (Wildman–Crippen LogP) is 1.20. The average Bonchev–Trinajstić information content (AvgIpc) is 2.81. The second-order valence-electron chi connectivity index (χ2n) is 8.31. The lowest BCUT2D eigenvalue weighted by Crippen LogP contribution is -2.53. The van der Waals surface area contributed by atoms with Crippen molar-refractivity contribution < 1.29 is 9.59 Å². The lowest BCUT2D eigenvalue weighted by Gasteiger charge is -2.39. The maximum Gasteiger partial charge on any atom is 0.269 e. The van der Waals surface area contributed by atoms with Gasteiger partial charge in [0.1, 0.15) is 0 Å². The fourth-order valence-electron chi connectivity index (χ4n) is 4.39. The number of piperidine rings is 1. The monoisotopic (exact) mass is 423 g/mol. The Bertz CT molecular complexity index is 982. The van der Waals surface area contributed by atoms with Gasteiger partial charge in [-0.05, 0) is 18.4 Å². The summed E-state index contributed by atoms with van der Waals surface area (Å²) in [5.74, 6) is 0.119. The third kappa shape index (κ3) is 4.95. The van der Waals surface area contributed by atoms with Crippen LogP contribution in [-0.2, 0) is 16.1 Å². The van der Waals surface area contributed by atoms with E-state index < -0.39 is 0 Å². The molecule has 1 unspecified atom stereocenters. The summed E-state index contributed by atoms with van der Waals surface area (Å²) in [6.45, 7) is 5.78. The number of carbonyl (C=O) groups excluding carboxylic acids is 2. The van der Waals surface area contributed by atoms with Crippen LogP contribution in [0.25, 0.3) is 0 Å². The van der Waals surface area contributed by atoms with Gasteiger partial charge < -0.3 is 14.7 Å². The van der Waals surface area contributed by atoms with Crippen LogP contribution in [0.3, 0.4) is 0 Å². The van der Waals surface area contributed by atoms with Crippen LogP contribution in [0.2, 0.25) is 0 Å². The molecule has 164 valence electrons. The van der Waals surface area contributed by atoms with Gasteiger partial charge in [0, 0.05) is 52.3 Å². The predicted molar refractivity (Wildman–Crippen MR) is 118 cm³/mol. The van der Waals surface area contributed by atoms with Crippen LogP contribution in [0.5, 0.6) is 0 Å². The molecule has 8 nitrogen and oxygen atoms in total. The number of piperazine rings is 1. The molecule has 2 aromatic rings. The summed E-state index contributed by atoms with van der Waals surface area (Å²) in [5, 5.41) is 4.36. The molecule has 2 aliphatic heterocycles. The van der Waals surface area contributed by atoms with Gasteiger partial charge in [-0.1, -0.05) is 30.3 Å². The number of hydrogen-bond donors (Lipinski definition) is 0. The van der Waals surface area contributed by atoms with Crippen molar-refractivity contribution in [2.24, 2.45) is 5.92 Å². The molecule has 2 fully saturated rings. The number of aromatic nitrogens is 2. The van der Waals surface area contributed by atoms with Crippen LogP contribution in [0, 0.1) is 5.92 Å². The van der Waals surface area contributed by atoms with Crippen molar-refractivity contribution in [3.8, 4) is 0 Å². The second kappa shape index (κ2) is 9.32. The van der Waals surface area contributed by atoms with Crippen molar-refractivity contribution in [1.82, 2.24) is 19.6 Å². The third-order valence-corrected chi connectivity index (χ3v) is 6.20. The Balaban J connectivity index is 1.39. The van der Waals surface area contributed by atoms with Gasteiger partial charge in [0.05, 0.1) is 24.3 Å². The Hall–Kier alpha value is -3.16. The highest BCUT2D eigenvalue weighted by molar-refractivity contribution is 5.80. The van der Waals surface area contributed by atoms with Crippen LogP contribution < -0.4 is 10.5 Å². The van der Waals surface area contributed by atoms with E-state index in [4.69, 9.17) is 0 Å². The lowest BCUT2D eigenvalue weighted by molar-refractivity contribution is -0.141. The van der Waals surface area contributed by atoms with Crippen molar-refractivity contribution in [2.45, 2.75) is 26.3 Å². The van der Waals surface area contributed by atoms with Gasteiger partial charge in [0.25, 0.3) is 5.56 Å². The second-order valence-corrected chi connectivity index (χ2v) is 8.31. The summed E-state index contributed by atoms with van der Waals surface area (Å²) in [6.07, 6.45) is 3.47. The number of nitrogens with zero attached hydrogens (tertiary/aromatic N) is 5. The van der Waals surface area contributed by atoms with Gasteiger partial charge in [-0.25, -0.2) is 4.68 Å². The molecule has 1 aromatic heterocycles. The maximum atomic E-state index is 13.0. The van der Waals surface area contributed by atoms with E-state index in [2.05, 4.69) is 10.00 Å². The molecule has 0 N–H and O–H groups in total. The van der Waals surface area contributed by atoms with Crippen LogP contribution in [0.4, 0.5) is 5.69 Å². The topological polar surface area (TPSA) is 78.8 Å². The van der Waals surface area contributed by atoms with E-state index in [0.29, 0.717) is 39.3 Å². The molecule has 2 amide bonds. The van der Waals surface area contributed by atoms with Crippen molar-refractivity contribution in [2.75, 3.05) is 44.2 Å². The normalized spacial score (nSPS) is 19.4. The molecule has 0 bridgehead atoms. The SMILES string of the molecule is CC(=O)N1CCN(C(=O)C2CCCN(c3cnn(Cc4ccccc4)c(=O)c3)C2)CC1. The zero-order chi connectivity index (χ0) is 21.8. The number of amides is 2. The maximum absolute atomic E-state index is 13.0. The molecule has 4 rings (SSSR count). The van der Waals surface area contributed by atoms with E-state index in [1.54, 1.807) is 24.1 Å². The Kier molecular flexibility index (Phi) is 6.34. The van der Waals surface area contributed by atoms with Crippen molar-refractivity contribution >= 4 is 17.5 Å². The van der Waals surface area contributed by atoms with Gasteiger partial charge in [-0.2, -0.15) is 5.10 Å². The highest BCUT2D eigenvalue weighted by Crippen LogP contribution is 2.24. The van der Waals surface area contributed by atoms with Crippen LogP contribution in [0.1, 0.15) is 25.3 Å². The highest BCUT2D eigenvalue weighted by atomic mass is 16.2. The van der Waals surface area contributed by atoms with Crippen molar-refractivity contribution in [3.63, 3.8) is 0 Å². The Morgan fingerprint density at radius 2 is 1.74 bits per heavy atom. The van der Waals surface area contributed by atoms with Gasteiger partial charge in [0.2, 0.25) is 11.8 Å². The summed E-state index contributed by atoms with van der Waals surface area (Å²) in [7, 11) is 0. The fourth-order valence-corrected chi connectivity index (χ4v) is 4.39. The zero-order valence-corrected chi connectivity index (χ0v) is 17.9. The van der Waals surface area contributed by atoms with Gasteiger partial charge >= 0.3 is 0 Å². The number of rotatable bonds is 4. The smallest absolute Gasteiger partial charge is 0.269 e. The minimum absolute atomic E-state index is 0.0606. The number of benzene rings is 1. The molecule has 31 heavy (non-hydrogen) atoms. The van der Waals surface area contributed by atoms with Crippen LogP contribution in [0.15, 0.2) is 47.4 Å². The van der Waals surface area contributed by atoms with E-state index in [1.807, 2.05) is 35.2 Å². The molecule has 0 radical (unpaired) electrons. The summed E-state index contributed by atoms with van der Waals surface area (Å²) in [4.78, 5) is 42.9. The Labute approximate surface area is 182 Å². The Morgan fingerprint density at radius 1 is 1.03 bits per heavy atom. The van der Waals surface area contributed by atoms with Gasteiger partial charge in [-0.15, -0.1) is 0 Å². The lowest BCUT2D eigenvalue weighted by atomic mass is 9.96. The third-order valence-electron chi connectivity index (χ3n) is 6.20. The zero-order valence-electron chi connectivity index (χ0n) is 17.9. The van der Waals surface area contributed by atoms with Gasteiger partial charge in [-0.3, -0.25) is 14.4 Å². The minimum atomic E-state index is -0.143. The van der Waals surface area contributed by atoms with Crippen LogP contribution >= 0.6 is 0 Å². The van der Waals surface area contributed by atoms with E-state index in [-0.39, 0.29) is 23.3 Å². The first kappa shape index (κ1) is 21.1. The largest absolute Gasteiger partial charge is 0.369 e. The standard InChI is InChI=1S/C23H29N5O3/c1-18(29)25-10-12-26(13-11-25)23(31)20-8-5-9-27(17-20)21-14-22(30)28(24-15-21)16-19-6-3-2-4-7-19/h2-4,6-7,14-15,20H,5,8-13,16-17H2,1H3. The molecule has 1 aromatic carbocycles. The van der Waals surface area contributed by atoms with E-state index in [9.17, 15) is 14.4 Å². The van der Waals surface area contributed by atoms with Crippen molar-refractivity contribution in [1.29, 1.82) is 0 Å². The average molecular weight is 424 g/mol. The molecule has 1 atom stereocenters. The molecule has 8 heteroatoms. The van der Waals surface area contributed by atoms with Crippen LogP contribution in [-0.4, -0.2) is 70.7 Å². The summed E-state index contributed by atoms with van der Waals surface area (Å²) >= 11 is 0. The minimum Gasteiger partial charge on any atom is -0.369 e.